The van der Waals surface area contributed by atoms with Crippen LogP contribution in [0.5, 0.6) is 0 Å². The first-order valence-corrected chi connectivity index (χ1v) is 54.4. The number of nitrogens with zero attached hydrogens (tertiary/aromatic N) is 10. The van der Waals surface area contributed by atoms with Gasteiger partial charge in [-0.25, -0.2) is 30.0 Å². The first-order valence-electron chi connectivity index (χ1n) is 38.4. The summed E-state index contributed by atoms with van der Waals surface area (Å²) in [6, 6.07) is 31.9. The molecule has 2 aromatic heterocycles. The lowest BCUT2D eigenvalue weighted by molar-refractivity contribution is -0.929. The van der Waals surface area contributed by atoms with Crippen molar-refractivity contribution in [3.63, 3.8) is 0 Å². The minimum absolute atomic E-state index is 0.0786. The second-order valence-corrected chi connectivity index (χ2v) is 50.0. The fourth-order valence-corrected chi connectivity index (χ4v) is 30.7. The number of hydrogen-bond donors (Lipinski definition) is 5. The Morgan fingerprint density at radius 3 is 0.965 bits per heavy atom. The molecule has 4 aliphatic heterocycles. The summed E-state index contributed by atoms with van der Waals surface area (Å²) >= 11 is 0. The van der Waals surface area contributed by atoms with Gasteiger partial charge in [-0.1, -0.05) is 97.1 Å². The standard InChI is InChI=1S/C73H104N10O22S5Si3/c1-111(2,56-23-39-82(34-13-18-51-106(85,86)87,35-14-19-52-107(88,89)90)36-15-20-53-108(91,92)93)104-113(105-112(3,4)57-24-40-83(37-16-21-54-109(94,95)96,38-17-22-55-110(97,98)99)41-44-101-46-48-103-50-49-102-47-45-100-43-25-42-84)80-70-62-30-9-10-31-63(62)72(80)78-68-60-28-7-8-29-61(60)69(75-68)79-73-65-33-12-11-32-64(65)71(81(73)113)77-67-59-27-6-5-26-58(59)66(74-67)76-70/h5-12,26-33,42H,13-25,34-41,43-57H2,1-4H3,(H3-2,85,86,87,88,89,90,91,92,93,94,95,96,97,98,99)/p+2. The van der Waals surface area contributed by atoms with Gasteiger partial charge >= 0.3 is 8.88 Å². The summed E-state index contributed by atoms with van der Waals surface area (Å²) in [5.74, 6) is -0.265. The van der Waals surface area contributed by atoms with Crippen LogP contribution in [0, 0.1) is 0 Å². The molecule has 6 heterocycles. The Kier molecular flexibility index (Phi) is 30.7. The number of rotatable bonds is 52. The molecule has 6 bridgehead atoms. The highest BCUT2D eigenvalue weighted by Gasteiger charge is 2.58. The minimum Gasteiger partial charge on any atom is -0.404 e. The van der Waals surface area contributed by atoms with Crippen molar-refractivity contribution in [2.45, 2.75) is 122 Å². The average Bonchev–Trinajstić information content (AvgIpc) is 1.53. The van der Waals surface area contributed by atoms with Crippen LogP contribution in [0.25, 0.3) is 21.5 Å². The second kappa shape index (κ2) is 38.9. The van der Waals surface area contributed by atoms with Gasteiger partial charge in [0.2, 0.25) is 0 Å². The fourth-order valence-electron chi connectivity index (χ4n) is 15.3. The largest absolute Gasteiger partial charge is 0.582 e. The zero-order valence-electron chi connectivity index (χ0n) is 64.5. The van der Waals surface area contributed by atoms with Gasteiger partial charge in [0.1, 0.15) is 35.4 Å². The van der Waals surface area contributed by atoms with Crippen molar-refractivity contribution < 1.29 is 106 Å². The van der Waals surface area contributed by atoms with E-state index < -0.39 is 105 Å². The number of carbonyl (C=O) groups is 1. The maximum absolute atomic E-state index is 12.2. The van der Waals surface area contributed by atoms with E-state index in [4.69, 9.17) is 57.1 Å². The van der Waals surface area contributed by atoms with Crippen molar-refractivity contribution in [2.24, 2.45) is 30.0 Å². The monoisotopic (exact) mass is 1720 g/mol. The second-order valence-electron chi connectivity index (χ2n) is 30.4. The Morgan fingerprint density at radius 2 is 0.637 bits per heavy atom. The van der Waals surface area contributed by atoms with Crippen LogP contribution in [0.15, 0.2) is 127 Å². The van der Waals surface area contributed by atoms with Gasteiger partial charge in [-0.15, -0.1) is 0 Å². The van der Waals surface area contributed by atoms with Gasteiger partial charge in [0.15, 0.2) is 40.0 Å². The lowest BCUT2D eigenvalue weighted by atomic mass is 10.1. The van der Waals surface area contributed by atoms with Crippen LogP contribution in [-0.2, 0) is 82.6 Å². The predicted molar refractivity (Wildman–Crippen MR) is 439 cm³/mol. The lowest BCUT2D eigenvalue weighted by Gasteiger charge is -2.44. The van der Waals surface area contributed by atoms with E-state index in [0.29, 0.717) is 236 Å². The third-order valence-electron chi connectivity index (χ3n) is 20.6. The molecule has 1 unspecified atom stereocenters. The Balaban J connectivity index is 1.12. The predicted octanol–water partition coefficient (Wildman–Crippen LogP) is 8.22. The molecule has 32 nitrogen and oxygen atoms in total. The normalized spacial score (nSPS) is 16.0. The number of carbonyl (C=O) groups excluding carboxylic acids is 1. The van der Waals surface area contributed by atoms with Gasteiger partial charge in [0.05, 0.1) is 127 Å². The topological polar surface area (TPSA) is 428 Å². The van der Waals surface area contributed by atoms with E-state index in [9.17, 15) is 69.6 Å². The van der Waals surface area contributed by atoms with E-state index in [0.717, 1.165) is 6.29 Å². The number of aromatic nitrogens is 2. The summed E-state index contributed by atoms with van der Waals surface area (Å²) in [6.45, 7) is 13.7. The quantitative estimate of drug-likeness (QED) is 0.00788. The molecule has 4 aromatic carbocycles. The van der Waals surface area contributed by atoms with Crippen LogP contribution in [0.4, 0.5) is 11.6 Å². The SMILES string of the molecule is C[Si](C)(CCC[N+](CCCCS(=O)(=O)O)(CCCCS(=O)(=O)O)CCCCS(=O)(=O)O)O[Si]1(O[Si](C)(C)CCC[N+](CCCCS(=O)(=O)O)(CCCCS(=O)(=O)O)CCOCCOCCOCCOCCC=O)n2c3c4ccccc4c2N=C2N=C(N=c4c5ccccc5c(n41)=NC1=NC(=N3)c3ccccc31)c1ccccc12. The molecule has 0 radical (unpaired) electrons. The van der Waals surface area contributed by atoms with Crippen LogP contribution >= 0.6 is 0 Å². The van der Waals surface area contributed by atoms with E-state index >= 15 is 0 Å². The molecule has 40 heteroatoms. The van der Waals surface area contributed by atoms with Crippen molar-refractivity contribution in [1.29, 1.82) is 0 Å². The van der Waals surface area contributed by atoms with E-state index in [1.165, 1.54) is 0 Å². The molecule has 1 atom stereocenters. The highest BCUT2D eigenvalue weighted by molar-refractivity contribution is 7.86. The van der Waals surface area contributed by atoms with Gasteiger partial charge < -0.3 is 40.9 Å². The number of quaternary nitrogens is 2. The molecule has 0 spiro atoms. The third kappa shape index (κ3) is 25.4. The van der Waals surface area contributed by atoms with Crippen molar-refractivity contribution >= 4 is 139 Å². The molecule has 0 amide bonds. The number of benzene rings is 4. The Morgan fingerprint density at radius 1 is 0.354 bits per heavy atom. The smallest absolute Gasteiger partial charge is 0.404 e. The summed E-state index contributed by atoms with van der Waals surface area (Å²) in [7, 11) is -33.7. The molecule has 620 valence electrons. The molecule has 0 saturated heterocycles. The molecular formula is C73H106N10O22S5Si3+2. The van der Waals surface area contributed by atoms with E-state index in [1.807, 2.05) is 97.1 Å². The molecule has 0 aliphatic carbocycles. The molecule has 5 N–H and O–H groups in total. The highest BCUT2D eigenvalue weighted by atomic mass is 32.2. The lowest BCUT2D eigenvalue weighted by Crippen LogP contribution is -2.70. The van der Waals surface area contributed by atoms with E-state index in [2.05, 4.69) is 34.7 Å². The summed E-state index contributed by atoms with van der Waals surface area (Å²) in [4.78, 5) is 44.0. The molecule has 0 saturated carbocycles. The summed E-state index contributed by atoms with van der Waals surface area (Å²) in [6.07, 6.45) is 4.06. The zero-order valence-corrected chi connectivity index (χ0v) is 71.5. The molecule has 0 fully saturated rings. The van der Waals surface area contributed by atoms with Gasteiger partial charge in [-0.3, -0.25) is 31.2 Å². The first kappa shape index (κ1) is 89.1. The number of hydrogen-bond acceptors (Lipinski definition) is 23. The highest BCUT2D eigenvalue weighted by Crippen LogP contribution is 2.46. The molecule has 4 aliphatic rings. The number of aldehydes is 1. The Hall–Kier alpha value is -6.21. The fraction of sp³-hybridized carbons (Fsp3) is 0.548. The van der Waals surface area contributed by atoms with Gasteiger partial charge in [0.25, 0.3) is 50.6 Å². The summed E-state index contributed by atoms with van der Waals surface area (Å²) < 4.78 is 216. The number of aliphatic imine (C=N–C) groups is 4. The Bertz CT molecular complexity index is 4940. The number of ether oxygens (including phenoxy) is 4. The van der Waals surface area contributed by atoms with Crippen LogP contribution < -0.4 is 11.0 Å². The molecular weight excluding hydrogens is 1610 g/mol. The summed E-state index contributed by atoms with van der Waals surface area (Å²) in [5, 5.41) is 2.68. The maximum Gasteiger partial charge on any atom is 0.582 e. The average molecular weight is 1720 g/mol. The van der Waals surface area contributed by atoms with Crippen molar-refractivity contribution in [3.05, 3.63) is 130 Å². The van der Waals surface area contributed by atoms with Crippen LogP contribution in [0.2, 0.25) is 38.3 Å². The zero-order chi connectivity index (χ0) is 81.4. The maximum atomic E-state index is 12.2. The molecule has 113 heavy (non-hydrogen) atoms. The van der Waals surface area contributed by atoms with Gasteiger partial charge in [-0.05, 0) is 115 Å². The number of amidine groups is 4. The van der Waals surface area contributed by atoms with Crippen molar-refractivity contribution in [1.82, 2.24) is 8.47 Å². The van der Waals surface area contributed by atoms with Crippen LogP contribution in [0.1, 0.15) is 106 Å². The van der Waals surface area contributed by atoms with Gasteiger partial charge in [-0.2, -0.15) is 42.1 Å². The van der Waals surface area contributed by atoms with E-state index in [-0.39, 0.29) is 63.0 Å². The van der Waals surface area contributed by atoms with Gasteiger partial charge in [0, 0.05) is 50.2 Å². The van der Waals surface area contributed by atoms with E-state index in [1.54, 1.807) is 0 Å². The minimum atomic E-state index is -4.97. The van der Waals surface area contributed by atoms with Crippen molar-refractivity contribution in [2.75, 3.05) is 134 Å². The third-order valence-corrected chi connectivity index (χ3v) is 36.3. The first-order chi connectivity index (χ1) is 53.5. The number of fused-ring (bicyclic) bond motifs is 14. The summed E-state index contributed by atoms with van der Waals surface area (Å²) in [5.41, 5.74) is 3.66. The Labute approximate surface area is 664 Å². The van der Waals surface area contributed by atoms with Crippen molar-refractivity contribution in [3.8, 4) is 0 Å². The van der Waals surface area contributed by atoms with Crippen LogP contribution in [-0.4, -0.2) is 271 Å². The number of unbranched alkanes of at least 4 members (excludes halogenated alkanes) is 5. The van der Waals surface area contributed by atoms with Crippen LogP contribution in [0.3, 0.4) is 0 Å². The molecule has 6 aromatic rings. The molecule has 10 rings (SSSR count).